The molecule has 3 amide bonds. The first-order chi connectivity index (χ1) is 17.8. The van der Waals surface area contributed by atoms with E-state index < -0.39 is 0 Å². The number of rotatable bonds is 9. The van der Waals surface area contributed by atoms with Crippen molar-refractivity contribution in [2.45, 2.75) is 20.4 Å². The molecule has 190 valence electrons. The number of benzene rings is 3. The summed E-state index contributed by atoms with van der Waals surface area (Å²) in [6.07, 6.45) is 1.65. The zero-order chi connectivity index (χ0) is 26.4. The van der Waals surface area contributed by atoms with Crippen LogP contribution < -0.4 is 14.8 Å². The number of amides is 3. The van der Waals surface area contributed by atoms with Crippen LogP contribution in [-0.4, -0.2) is 35.2 Å². The average Bonchev–Trinajstić information content (AvgIpc) is 3.12. The van der Waals surface area contributed by atoms with Crippen molar-refractivity contribution in [2.24, 2.45) is 0 Å². The molecule has 0 saturated carbocycles. The van der Waals surface area contributed by atoms with Gasteiger partial charge < -0.3 is 14.8 Å². The minimum atomic E-state index is -0.350. The topological polar surface area (TPSA) is 84.9 Å². The van der Waals surface area contributed by atoms with Gasteiger partial charge in [0.25, 0.3) is 17.1 Å². The zero-order valence-electron chi connectivity index (χ0n) is 20.3. The summed E-state index contributed by atoms with van der Waals surface area (Å²) in [5.41, 5.74) is 3.25. The predicted octanol–water partition coefficient (Wildman–Crippen LogP) is 6.41. The van der Waals surface area contributed by atoms with Crippen molar-refractivity contribution in [1.29, 1.82) is 0 Å². The minimum absolute atomic E-state index is 0.186. The first kappa shape index (κ1) is 26.5. The van der Waals surface area contributed by atoms with Crippen LogP contribution in [-0.2, 0) is 16.1 Å². The van der Waals surface area contributed by atoms with Gasteiger partial charge in [-0.05, 0) is 78.7 Å². The lowest BCUT2D eigenvalue weighted by Crippen LogP contribution is -2.27. The lowest BCUT2D eigenvalue weighted by molar-refractivity contribution is -0.123. The third-order valence-electron chi connectivity index (χ3n) is 5.39. The second-order valence-electron chi connectivity index (χ2n) is 8.20. The Balaban J connectivity index is 1.45. The van der Waals surface area contributed by atoms with E-state index in [0.717, 1.165) is 27.4 Å². The number of halogens is 1. The number of ether oxygens (including phenoxy) is 2. The maximum Gasteiger partial charge on any atom is 0.293 e. The fourth-order valence-electron chi connectivity index (χ4n) is 3.65. The lowest BCUT2D eigenvalue weighted by atomic mass is 10.1. The van der Waals surface area contributed by atoms with Crippen LogP contribution in [0.2, 0.25) is 0 Å². The zero-order valence-corrected chi connectivity index (χ0v) is 22.7. The average molecular weight is 581 g/mol. The van der Waals surface area contributed by atoms with Gasteiger partial charge in [0, 0.05) is 10.2 Å². The quantitative estimate of drug-likeness (QED) is 0.294. The van der Waals surface area contributed by atoms with Crippen molar-refractivity contribution >= 4 is 56.5 Å². The van der Waals surface area contributed by atoms with Crippen LogP contribution in [0.15, 0.2) is 76.1 Å². The Labute approximate surface area is 228 Å². The molecular weight excluding hydrogens is 556 g/mol. The predicted molar refractivity (Wildman–Crippen MR) is 149 cm³/mol. The summed E-state index contributed by atoms with van der Waals surface area (Å²) in [7, 11) is 0. The molecule has 0 spiro atoms. The van der Waals surface area contributed by atoms with Gasteiger partial charge in [-0.3, -0.25) is 19.3 Å². The summed E-state index contributed by atoms with van der Waals surface area (Å²) in [6, 6.07) is 20.1. The first-order valence-electron chi connectivity index (χ1n) is 11.6. The molecule has 1 aliphatic heterocycles. The molecule has 37 heavy (non-hydrogen) atoms. The van der Waals surface area contributed by atoms with Crippen molar-refractivity contribution < 1.29 is 23.9 Å². The number of thioether (sulfide) groups is 1. The molecule has 0 atom stereocenters. The molecule has 0 aliphatic carbocycles. The number of carbonyl (C=O) groups is 3. The summed E-state index contributed by atoms with van der Waals surface area (Å²) in [6.45, 7) is 4.17. The van der Waals surface area contributed by atoms with Gasteiger partial charge in [-0.25, -0.2) is 0 Å². The van der Waals surface area contributed by atoms with Gasteiger partial charge in [-0.1, -0.05) is 52.3 Å². The summed E-state index contributed by atoms with van der Waals surface area (Å²) in [5.74, 6) is 0.195. The second-order valence-corrected chi connectivity index (χ2v) is 10.1. The highest BCUT2D eigenvalue weighted by atomic mass is 79.9. The molecular formula is C28H25BrN2O5S. The number of aryl methyl sites for hydroxylation is 1. The summed E-state index contributed by atoms with van der Waals surface area (Å²) in [5, 5.41) is 2.48. The van der Waals surface area contributed by atoms with Gasteiger partial charge in [-0.2, -0.15) is 0 Å². The molecule has 1 heterocycles. The maximum absolute atomic E-state index is 13.0. The monoisotopic (exact) mass is 580 g/mol. The van der Waals surface area contributed by atoms with Gasteiger partial charge in [0.1, 0.15) is 0 Å². The third kappa shape index (κ3) is 6.81. The molecule has 1 N–H and O–H groups in total. The fraction of sp³-hybridized carbons (Fsp3) is 0.179. The van der Waals surface area contributed by atoms with Crippen LogP contribution in [0.5, 0.6) is 11.5 Å². The Morgan fingerprint density at radius 2 is 1.84 bits per heavy atom. The van der Waals surface area contributed by atoms with E-state index in [2.05, 4.69) is 21.2 Å². The highest BCUT2D eigenvalue weighted by Gasteiger charge is 2.35. The molecule has 0 aromatic heterocycles. The summed E-state index contributed by atoms with van der Waals surface area (Å²) in [4.78, 5) is 39.4. The Morgan fingerprint density at radius 1 is 1.03 bits per heavy atom. The Hall–Kier alpha value is -3.56. The fourth-order valence-corrected chi connectivity index (χ4v) is 4.90. The smallest absolute Gasteiger partial charge is 0.293 e. The Kier molecular flexibility index (Phi) is 8.68. The Bertz CT molecular complexity index is 1370. The minimum Gasteiger partial charge on any atom is -0.490 e. The Morgan fingerprint density at radius 3 is 2.59 bits per heavy atom. The van der Waals surface area contributed by atoms with E-state index in [-0.39, 0.29) is 30.2 Å². The van der Waals surface area contributed by atoms with Crippen LogP contribution >= 0.6 is 27.7 Å². The van der Waals surface area contributed by atoms with Crippen LogP contribution in [0.4, 0.5) is 10.5 Å². The molecule has 3 aromatic carbocycles. The lowest BCUT2D eigenvalue weighted by Gasteiger charge is -2.14. The molecule has 7 nitrogen and oxygen atoms in total. The van der Waals surface area contributed by atoms with Crippen LogP contribution in [0.3, 0.4) is 0 Å². The van der Waals surface area contributed by atoms with Gasteiger partial charge in [0.15, 0.2) is 18.1 Å². The van der Waals surface area contributed by atoms with Gasteiger partial charge in [-0.15, -0.1) is 0 Å². The van der Waals surface area contributed by atoms with Gasteiger partial charge in [0.2, 0.25) is 0 Å². The van der Waals surface area contributed by atoms with E-state index in [0.29, 0.717) is 34.3 Å². The molecule has 4 rings (SSSR count). The summed E-state index contributed by atoms with van der Waals surface area (Å²) < 4.78 is 12.3. The van der Waals surface area contributed by atoms with Crippen molar-refractivity contribution in [2.75, 3.05) is 18.5 Å². The molecule has 1 aliphatic rings. The van der Waals surface area contributed by atoms with Crippen molar-refractivity contribution in [3.63, 3.8) is 0 Å². The van der Waals surface area contributed by atoms with Crippen LogP contribution in [0.25, 0.3) is 6.08 Å². The third-order valence-corrected chi connectivity index (χ3v) is 7.07. The number of imide groups is 1. The van der Waals surface area contributed by atoms with E-state index in [1.165, 1.54) is 4.90 Å². The number of hydrogen-bond donors (Lipinski definition) is 1. The van der Waals surface area contributed by atoms with Crippen molar-refractivity contribution in [1.82, 2.24) is 4.90 Å². The number of anilines is 1. The van der Waals surface area contributed by atoms with E-state index in [4.69, 9.17) is 9.47 Å². The number of carbonyl (C=O) groups excluding carboxylic acids is 3. The maximum atomic E-state index is 13.0. The van der Waals surface area contributed by atoms with E-state index in [9.17, 15) is 14.4 Å². The molecule has 1 saturated heterocycles. The summed E-state index contributed by atoms with van der Waals surface area (Å²) >= 11 is 4.36. The molecule has 1 fully saturated rings. The standard InChI is InChI=1S/C28H25BrN2O5S/c1-3-35-24-14-19(11-12-23(24)36-17-26(32)30-21-9-6-7-18(2)13-21)15-25-27(33)31(28(34)37-25)16-20-8-4-5-10-22(20)29/h4-15H,3,16-17H2,1-2H3,(H,30,32)/b25-15-. The van der Waals surface area contributed by atoms with Gasteiger partial charge in [0.05, 0.1) is 18.1 Å². The van der Waals surface area contributed by atoms with Crippen LogP contribution in [0.1, 0.15) is 23.6 Å². The van der Waals surface area contributed by atoms with Crippen LogP contribution in [0, 0.1) is 6.92 Å². The highest BCUT2D eigenvalue weighted by molar-refractivity contribution is 9.10. The molecule has 3 aromatic rings. The van der Waals surface area contributed by atoms with Crippen molar-refractivity contribution in [3.05, 3.63) is 92.8 Å². The number of nitrogens with zero attached hydrogens (tertiary/aromatic N) is 1. The SMILES string of the molecule is CCOc1cc(/C=C2\SC(=O)N(Cc3ccccc3Br)C2=O)ccc1OCC(=O)Nc1cccc(C)c1. The van der Waals surface area contributed by atoms with E-state index in [1.807, 2.05) is 62.4 Å². The second kappa shape index (κ2) is 12.1. The normalized spacial score (nSPS) is 14.2. The van der Waals surface area contributed by atoms with Crippen molar-refractivity contribution in [3.8, 4) is 11.5 Å². The number of nitrogens with one attached hydrogen (secondary N) is 1. The number of hydrogen-bond acceptors (Lipinski definition) is 6. The first-order valence-corrected chi connectivity index (χ1v) is 13.2. The van der Waals surface area contributed by atoms with E-state index in [1.54, 1.807) is 24.3 Å². The van der Waals surface area contributed by atoms with E-state index >= 15 is 0 Å². The molecule has 0 bridgehead atoms. The molecule has 0 radical (unpaired) electrons. The largest absolute Gasteiger partial charge is 0.490 e. The highest BCUT2D eigenvalue weighted by Crippen LogP contribution is 2.36. The molecule has 9 heteroatoms. The van der Waals surface area contributed by atoms with Gasteiger partial charge >= 0.3 is 0 Å². The molecule has 0 unspecified atom stereocenters.